The molecule has 2 aliphatic rings. The number of hydrogen-bond donors (Lipinski definition) is 2. The van der Waals surface area contributed by atoms with Crippen molar-refractivity contribution in [3.05, 3.63) is 52.0 Å². The molecule has 0 aliphatic carbocycles. The molecule has 8 heteroatoms. The Morgan fingerprint density at radius 2 is 1.93 bits per heavy atom. The Balaban J connectivity index is 1.82. The zero-order valence-electron chi connectivity index (χ0n) is 15.4. The molecule has 0 radical (unpaired) electrons. The second-order valence-corrected chi connectivity index (χ2v) is 8.28. The Morgan fingerprint density at radius 1 is 1.21 bits per heavy atom. The largest absolute Gasteiger partial charge is 0.477 e. The number of amides is 1. The number of carbonyl (C=O) groups excluding carboxylic acids is 3. The number of carboxylic acid groups (broad SMARTS) is 1. The molecule has 2 N–H and O–H groups in total. The zero-order valence-corrected chi connectivity index (χ0v) is 16.2. The molecule has 148 valence electrons. The van der Waals surface area contributed by atoms with E-state index >= 15 is 0 Å². The van der Waals surface area contributed by atoms with Crippen LogP contribution in [0.3, 0.4) is 0 Å². The molecule has 2 aliphatic heterocycles. The quantitative estimate of drug-likeness (QED) is 0.558. The first kappa shape index (κ1) is 19.2. The second kappa shape index (κ2) is 7.06. The van der Waals surface area contributed by atoms with Crippen molar-refractivity contribution in [2.24, 2.45) is 5.92 Å². The van der Waals surface area contributed by atoms with Crippen LogP contribution in [-0.4, -0.2) is 51.7 Å². The number of rotatable bonds is 6. The molecule has 29 heavy (non-hydrogen) atoms. The number of aliphatic carboxylic acids is 1. The predicted molar refractivity (Wildman–Crippen MR) is 106 cm³/mol. The summed E-state index contributed by atoms with van der Waals surface area (Å²) in [5.41, 5.74) is 1.94. The SMILES string of the molecule is C[C@@H](O)[C@H]1C(=O)N2C(C(=O)O)=C(c3cc(C=O)cc(-c4ccc(C=O)s4)c3)C[C@H]12. The summed E-state index contributed by atoms with van der Waals surface area (Å²) in [5, 5.41) is 19.6. The monoisotopic (exact) mass is 411 g/mol. The fraction of sp³-hybridized carbons (Fsp3) is 0.238. The van der Waals surface area contributed by atoms with Crippen molar-refractivity contribution in [1.82, 2.24) is 4.90 Å². The lowest BCUT2D eigenvalue weighted by molar-refractivity contribution is -0.161. The molecule has 0 saturated carbocycles. The van der Waals surface area contributed by atoms with Gasteiger partial charge in [-0.3, -0.25) is 14.4 Å². The molecule has 3 heterocycles. The Morgan fingerprint density at radius 3 is 2.52 bits per heavy atom. The highest BCUT2D eigenvalue weighted by Crippen LogP contribution is 2.47. The van der Waals surface area contributed by atoms with E-state index < -0.39 is 29.9 Å². The third kappa shape index (κ3) is 3.01. The van der Waals surface area contributed by atoms with Gasteiger partial charge in [0.05, 0.1) is 22.9 Å². The van der Waals surface area contributed by atoms with E-state index in [1.807, 2.05) is 0 Å². The Hall–Kier alpha value is -3.10. The van der Waals surface area contributed by atoms with Crippen LogP contribution in [0.25, 0.3) is 16.0 Å². The number of fused-ring (bicyclic) bond motifs is 1. The predicted octanol–water partition coefficient (Wildman–Crippen LogP) is 2.45. The summed E-state index contributed by atoms with van der Waals surface area (Å²) in [7, 11) is 0. The van der Waals surface area contributed by atoms with Gasteiger partial charge < -0.3 is 15.1 Å². The third-order valence-electron chi connectivity index (χ3n) is 5.40. The van der Waals surface area contributed by atoms with Crippen LogP contribution in [0.15, 0.2) is 36.0 Å². The minimum absolute atomic E-state index is 0.106. The van der Waals surface area contributed by atoms with Crippen LogP contribution >= 0.6 is 11.3 Å². The number of aldehydes is 2. The summed E-state index contributed by atoms with van der Waals surface area (Å²) in [6.45, 7) is 1.52. The van der Waals surface area contributed by atoms with Gasteiger partial charge in [-0.1, -0.05) is 0 Å². The highest BCUT2D eigenvalue weighted by molar-refractivity contribution is 7.17. The van der Waals surface area contributed by atoms with Gasteiger partial charge in [-0.25, -0.2) is 4.79 Å². The molecule has 4 rings (SSSR count). The van der Waals surface area contributed by atoms with Crippen molar-refractivity contribution >= 4 is 41.4 Å². The highest BCUT2D eigenvalue weighted by atomic mass is 32.1. The second-order valence-electron chi connectivity index (χ2n) is 7.16. The lowest BCUT2D eigenvalue weighted by Gasteiger charge is -2.44. The maximum absolute atomic E-state index is 12.4. The van der Waals surface area contributed by atoms with Gasteiger partial charge in [0, 0.05) is 10.4 Å². The van der Waals surface area contributed by atoms with Crippen LogP contribution in [-0.2, 0) is 9.59 Å². The molecule has 0 bridgehead atoms. The van der Waals surface area contributed by atoms with Crippen LogP contribution in [0.4, 0.5) is 0 Å². The first-order valence-corrected chi connectivity index (χ1v) is 9.81. The number of aliphatic hydroxyl groups excluding tert-OH is 1. The topological polar surface area (TPSA) is 112 Å². The van der Waals surface area contributed by atoms with Crippen molar-refractivity contribution in [3.8, 4) is 10.4 Å². The summed E-state index contributed by atoms with van der Waals surface area (Å²) >= 11 is 1.27. The van der Waals surface area contributed by atoms with Gasteiger partial charge in [-0.05, 0) is 60.4 Å². The van der Waals surface area contributed by atoms with Crippen LogP contribution in [0.5, 0.6) is 0 Å². The Bertz CT molecular complexity index is 1080. The van der Waals surface area contributed by atoms with Gasteiger partial charge in [0.1, 0.15) is 12.0 Å². The van der Waals surface area contributed by atoms with Crippen molar-refractivity contribution in [2.75, 3.05) is 0 Å². The fourth-order valence-corrected chi connectivity index (χ4v) is 4.94. The number of thiophene rings is 1. The molecule has 1 fully saturated rings. The number of carboxylic acids is 1. The minimum atomic E-state index is -1.22. The van der Waals surface area contributed by atoms with Gasteiger partial charge >= 0.3 is 5.97 Å². The van der Waals surface area contributed by atoms with Crippen molar-refractivity contribution < 1.29 is 29.4 Å². The normalized spacial score (nSPS) is 21.6. The number of β-lactam (4-membered cyclic amide) rings is 1. The van der Waals surface area contributed by atoms with E-state index in [-0.39, 0.29) is 12.1 Å². The molecule has 0 spiro atoms. The van der Waals surface area contributed by atoms with Crippen LogP contribution < -0.4 is 0 Å². The fourth-order valence-electron chi connectivity index (χ4n) is 4.13. The number of aliphatic hydroxyl groups is 1. The van der Waals surface area contributed by atoms with E-state index in [0.717, 1.165) is 11.2 Å². The summed E-state index contributed by atoms with van der Waals surface area (Å²) in [6, 6.07) is 8.07. The van der Waals surface area contributed by atoms with E-state index in [1.54, 1.807) is 30.3 Å². The van der Waals surface area contributed by atoms with Crippen LogP contribution in [0.1, 0.15) is 38.9 Å². The number of benzene rings is 1. The molecule has 1 aromatic heterocycles. The molecule has 0 unspecified atom stereocenters. The molecule has 3 atom stereocenters. The van der Waals surface area contributed by atoms with Gasteiger partial charge in [-0.2, -0.15) is 0 Å². The molecular formula is C21H17NO6S. The van der Waals surface area contributed by atoms with Crippen molar-refractivity contribution in [2.45, 2.75) is 25.5 Å². The lowest BCUT2D eigenvalue weighted by Crippen LogP contribution is -2.61. The molecular weight excluding hydrogens is 394 g/mol. The maximum Gasteiger partial charge on any atom is 0.352 e. The number of hydrogen-bond acceptors (Lipinski definition) is 6. The average molecular weight is 411 g/mol. The summed E-state index contributed by atoms with van der Waals surface area (Å²) < 4.78 is 0. The zero-order chi connectivity index (χ0) is 20.9. The molecule has 2 aromatic rings. The van der Waals surface area contributed by atoms with Gasteiger partial charge in [0.15, 0.2) is 6.29 Å². The molecule has 1 aromatic carbocycles. The Kier molecular flexibility index (Phi) is 4.68. The minimum Gasteiger partial charge on any atom is -0.477 e. The van der Waals surface area contributed by atoms with E-state index in [1.165, 1.54) is 23.2 Å². The first-order valence-electron chi connectivity index (χ1n) is 8.99. The van der Waals surface area contributed by atoms with Gasteiger partial charge in [-0.15, -0.1) is 11.3 Å². The number of carbonyl (C=O) groups is 4. The number of nitrogens with zero attached hydrogens (tertiary/aromatic N) is 1. The first-order chi connectivity index (χ1) is 13.8. The smallest absolute Gasteiger partial charge is 0.352 e. The molecule has 7 nitrogen and oxygen atoms in total. The Labute approximate surface area is 169 Å². The molecule has 1 saturated heterocycles. The van der Waals surface area contributed by atoms with Crippen molar-refractivity contribution in [3.63, 3.8) is 0 Å². The van der Waals surface area contributed by atoms with E-state index in [4.69, 9.17) is 0 Å². The van der Waals surface area contributed by atoms with Gasteiger partial charge in [0.2, 0.25) is 5.91 Å². The molecule has 1 amide bonds. The van der Waals surface area contributed by atoms with Gasteiger partial charge in [0.25, 0.3) is 0 Å². The van der Waals surface area contributed by atoms with E-state index in [9.17, 15) is 29.4 Å². The van der Waals surface area contributed by atoms with Crippen molar-refractivity contribution in [1.29, 1.82) is 0 Å². The standard InChI is InChI=1S/C21H17NO6S/c1-10(25)18-16-7-15(19(21(27)28)22(16)20(18)26)12-4-11(8-23)5-13(6-12)17-3-2-14(9-24)29-17/h2-6,8-10,16,18,25H,7H2,1H3,(H,27,28)/t10-,16-,18-/m1/s1. The van der Waals surface area contributed by atoms with E-state index in [2.05, 4.69) is 0 Å². The summed E-state index contributed by atoms with van der Waals surface area (Å²) in [4.78, 5) is 49.4. The van der Waals surface area contributed by atoms with Crippen LogP contribution in [0, 0.1) is 5.92 Å². The van der Waals surface area contributed by atoms with E-state index in [0.29, 0.717) is 33.4 Å². The summed E-state index contributed by atoms with van der Waals surface area (Å²) in [6.07, 6.45) is 0.834. The highest BCUT2D eigenvalue weighted by Gasteiger charge is 2.56. The lowest BCUT2D eigenvalue weighted by atomic mass is 9.82. The van der Waals surface area contributed by atoms with Crippen LogP contribution in [0.2, 0.25) is 0 Å². The third-order valence-corrected chi connectivity index (χ3v) is 6.46. The maximum atomic E-state index is 12.4. The average Bonchev–Trinajstić information content (AvgIpc) is 3.30. The summed E-state index contributed by atoms with van der Waals surface area (Å²) in [5.74, 6) is -2.27.